The molecular formula is C24H26O4. The number of carbonyl (C=O) groups is 2. The fourth-order valence-electron chi connectivity index (χ4n) is 2.67. The van der Waals surface area contributed by atoms with E-state index in [1.54, 1.807) is 38.1 Å². The van der Waals surface area contributed by atoms with Crippen LogP contribution in [0.1, 0.15) is 49.0 Å². The molecule has 0 radical (unpaired) electrons. The van der Waals surface area contributed by atoms with Crippen LogP contribution in [-0.2, 0) is 20.9 Å². The first-order valence-electron chi connectivity index (χ1n) is 9.38. The molecule has 0 heterocycles. The Morgan fingerprint density at radius 3 is 2.29 bits per heavy atom. The van der Waals surface area contributed by atoms with Gasteiger partial charge < -0.3 is 14.3 Å². The minimum absolute atomic E-state index is 0.107. The third-order valence-electron chi connectivity index (χ3n) is 4.15. The van der Waals surface area contributed by atoms with E-state index < -0.39 is 11.6 Å². The molecule has 0 saturated carbocycles. The maximum absolute atomic E-state index is 12.4. The van der Waals surface area contributed by atoms with Crippen LogP contribution in [0.2, 0.25) is 0 Å². The van der Waals surface area contributed by atoms with E-state index >= 15 is 0 Å². The molecule has 0 aliphatic rings. The zero-order valence-corrected chi connectivity index (χ0v) is 16.4. The minimum atomic E-state index is -0.974. The number of carbonyl (C=O) groups excluding carboxylic acids is 2. The van der Waals surface area contributed by atoms with E-state index in [0.29, 0.717) is 31.4 Å². The summed E-state index contributed by atoms with van der Waals surface area (Å²) in [5.41, 5.74) is 0.574. The number of hydrogen-bond donors (Lipinski definition) is 0. The summed E-state index contributed by atoms with van der Waals surface area (Å²) < 4.78 is 11.3. The molecule has 0 aromatic heterocycles. The Morgan fingerprint density at radius 2 is 1.64 bits per heavy atom. The zero-order chi connectivity index (χ0) is 20.2. The van der Waals surface area contributed by atoms with Crippen molar-refractivity contribution >= 4 is 11.8 Å². The number of hydrogen-bond acceptors (Lipinski definition) is 4. The third kappa shape index (κ3) is 7.77. The Kier molecular flexibility index (Phi) is 8.45. The molecule has 0 aliphatic heterocycles. The van der Waals surface area contributed by atoms with Crippen molar-refractivity contribution in [3.05, 3.63) is 71.8 Å². The molecule has 4 nitrogen and oxygen atoms in total. The minimum Gasteiger partial charge on any atom is -0.443 e. The zero-order valence-electron chi connectivity index (χ0n) is 16.4. The van der Waals surface area contributed by atoms with Gasteiger partial charge >= 0.3 is 5.97 Å². The van der Waals surface area contributed by atoms with E-state index in [-0.39, 0.29) is 12.4 Å². The van der Waals surface area contributed by atoms with E-state index in [9.17, 15) is 9.59 Å². The highest BCUT2D eigenvalue weighted by atomic mass is 16.6. The second kappa shape index (κ2) is 11.1. The number of ether oxygens (including phenoxy) is 2. The van der Waals surface area contributed by atoms with E-state index in [1.165, 1.54) is 0 Å². The summed E-state index contributed by atoms with van der Waals surface area (Å²) in [7, 11) is 0. The first-order valence-corrected chi connectivity index (χ1v) is 9.38. The summed E-state index contributed by atoms with van der Waals surface area (Å²) in [6.07, 6.45) is 1.52. The first kappa shape index (κ1) is 21.4. The van der Waals surface area contributed by atoms with Gasteiger partial charge in [0.15, 0.2) is 5.60 Å². The average molecular weight is 378 g/mol. The predicted molar refractivity (Wildman–Crippen MR) is 109 cm³/mol. The fraction of sp³-hybridized carbons (Fsp3) is 0.333. The Labute approximate surface area is 166 Å². The third-order valence-corrected chi connectivity index (χ3v) is 4.15. The topological polar surface area (TPSA) is 52.6 Å². The molecule has 28 heavy (non-hydrogen) atoms. The predicted octanol–water partition coefficient (Wildman–Crippen LogP) is 4.58. The van der Waals surface area contributed by atoms with E-state index in [4.69, 9.17) is 9.47 Å². The van der Waals surface area contributed by atoms with Crippen molar-refractivity contribution in [2.24, 2.45) is 0 Å². The van der Waals surface area contributed by atoms with Gasteiger partial charge in [0, 0.05) is 6.42 Å². The van der Waals surface area contributed by atoms with Crippen LogP contribution in [0.3, 0.4) is 0 Å². The van der Waals surface area contributed by atoms with Crippen LogP contribution in [-0.4, -0.2) is 24.0 Å². The molecule has 4 heteroatoms. The largest absolute Gasteiger partial charge is 0.443 e. The van der Waals surface area contributed by atoms with Gasteiger partial charge in [0.05, 0.1) is 12.2 Å². The van der Waals surface area contributed by atoms with Gasteiger partial charge in [0.1, 0.15) is 12.4 Å². The lowest BCUT2D eigenvalue weighted by Crippen LogP contribution is -2.30. The molecule has 1 unspecified atom stereocenters. The van der Waals surface area contributed by atoms with Crippen molar-refractivity contribution in [1.29, 1.82) is 0 Å². The number of Topliss-reactive ketones (excluding diaryl/α,β-unsaturated/α-hetero) is 1. The van der Waals surface area contributed by atoms with Gasteiger partial charge in [-0.1, -0.05) is 60.4 Å². The van der Waals surface area contributed by atoms with Crippen LogP contribution in [0.25, 0.3) is 0 Å². The van der Waals surface area contributed by atoms with Gasteiger partial charge in [0.2, 0.25) is 0 Å². The Hall–Kier alpha value is -2.90. The van der Waals surface area contributed by atoms with Crippen molar-refractivity contribution in [2.75, 3.05) is 6.61 Å². The number of ketones is 1. The lowest BCUT2D eigenvalue weighted by Gasteiger charge is -2.24. The summed E-state index contributed by atoms with van der Waals surface area (Å²) in [6, 6.07) is 18.7. The van der Waals surface area contributed by atoms with E-state index in [0.717, 1.165) is 5.56 Å². The molecule has 0 spiro atoms. The lowest BCUT2D eigenvalue weighted by molar-refractivity contribution is -0.117. The Morgan fingerprint density at radius 1 is 1.00 bits per heavy atom. The molecule has 2 rings (SSSR count). The summed E-state index contributed by atoms with van der Waals surface area (Å²) in [5.74, 6) is 5.67. The highest BCUT2D eigenvalue weighted by Gasteiger charge is 2.27. The molecule has 0 saturated heterocycles. The van der Waals surface area contributed by atoms with Crippen LogP contribution in [0.5, 0.6) is 0 Å². The second-order valence-electron chi connectivity index (χ2n) is 6.82. The van der Waals surface area contributed by atoms with Gasteiger partial charge in [0.25, 0.3) is 0 Å². The number of esters is 1. The van der Waals surface area contributed by atoms with Gasteiger partial charge in [-0.2, -0.15) is 0 Å². The number of rotatable bonds is 9. The highest BCUT2D eigenvalue weighted by Crippen LogP contribution is 2.20. The Balaban J connectivity index is 1.97. The second-order valence-corrected chi connectivity index (χ2v) is 6.82. The standard InChI is InChI=1S/C24H26O4/c1-20(25)11-9-16-24(2,28-23(26)22-14-7-4-8-15-22)17-10-18-27-19-21-12-5-3-6-13-21/h3-8,12-15H,9,11,16,18-19H2,1-2H3. The van der Waals surface area contributed by atoms with Crippen LogP contribution in [0.15, 0.2) is 60.7 Å². The normalized spacial score (nSPS) is 12.4. The van der Waals surface area contributed by atoms with Crippen LogP contribution >= 0.6 is 0 Å². The fourth-order valence-corrected chi connectivity index (χ4v) is 2.67. The van der Waals surface area contributed by atoms with Gasteiger partial charge in [-0.25, -0.2) is 4.79 Å². The first-order chi connectivity index (χ1) is 13.5. The van der Waals surface area contributed by atoms with Crippen molar-refractivity contribution in [3.63, 3.8) is 0 Å². The Bertz CT molecular complexity index is 818. The van der Waals surface area contributed by atoms with E-state index in [1.807, 2.05) is 36.4 Å². The summed E-state index contributed by atoms with van der Waals surface area (Å²) in [5, 5.41) is 0. The van der Waals surface area contributed by atoms with Crippen LogP contribution in [0.4, 0.5) is 0 Å². The van der Waals surface area contributed by atoms with Crippen LogP contribution < -0.4 is 0 Å². The summed E-state index contributed by atoms with van der Waals surface area (Å²) in [4.78, 5) is 23.7. The molecule has 0 bridgehead atoms. The molecule has 146 valence electrons. The lowest BCUT2D eigenvalue weighted by atomic mass is 9.98. The average Bonchev–Trinajstić information content (AvgIpc) is 2.69. The maximum atomic E-state index is 12.4. The van der Waals surface area contributed by atoms with Gasteiger partial charge in [-0.15, -0.1) is 0 Å². The molecule has 0 amide bonds. The molecule has 0 N–H and O–H groups in total. The quantitative estimate of drug-likeness (QED) is 0.364. The van der Waals surface area contributed by atoms with Gasteiger partial charge in [-0.05, 0) is 44.4 Å². The number of benzene rings is 2. The van der Waals surface area contributed by atoms with Crippen molar-refractivity contribution in [2.45, 2.75) is 45.3 Å². The maximum Gasteiger partial charge on any atom is 0.339 e. The summed E-state index contributed by atoms with van der Waals surface area (Å²) in [6.45, 7) is 4.04. The molecule has 2 aromatic carbocycles. The SMILES string of the molecule is CC(=O)CCCC(C)(C#CCOCc1ccccc1)OC(=O)c1ccccc1. The van der Waals surface area contributed by atoms with Crippen molar-refractivity contribution in [3.8, 4) is 11.8 Å². The smallest absolute Gasteiger partial charge is 0.339 e. The van der Waals surface area contributed by atoms with Crippen molar-refractivity contribution < 1.29 is 19.1 Å². The van der Waals surface area contributed by atoms with Crippen LogP contribution in [0, 0.1) is 11.8 Å². The summed E-state index contributed by atoms with van der Waals surface area (Å²) >= 11 is 0. The molecule has 2 aromatic rings. The highest BCUT2D eigenvalue weighted by molar-refractivity contribution is 5.89. The van der Waals surface area contributed by atoms with E-state index in [2.05, 4.69) is 11.8 Å². The molecule has 1 atom stereocenters. The van der Waals surface area contributed by atoms with Gasteiger partial charge in [-0.3, -0.25) is 0 Å². The molecule has 0 aliphatic carbocycles. The molecule has 0 fully saturated rings. The monoisotopic (exact) mass is 378 g/mol. The van der Waals surface area contributed by atoms with Crippen molar-refractivity contribution in [1.82, 2.24) is 0 Å². The molecular weight excluding hydrogens is 352 g/mol.